The van der Waals surface area contributed by atoms with Crippen LogP contribution in [0.5, 0.6) is 0 Å². The van der Waals surface area contributed by atoms with Gasteiger partial charge in [0.2, 0.25) is 5.91 Å². The number of carbonyl (C=O) groups excluding carboxylic acids is 1. The molecule has 1 rings (SSSR count). The molecule has 0 aliphatic heterocycles. The SMILES string of the molecule is CCCCSC(C)C(=O)NCC(C)(O)c1cnn(C)c1. The molecule has 0 saturated heterocycles. The van der Waals surface area contributed by atoms with Crippen LogP contribution in [0.15, 0.2) is 12.4 Å². The first-order chi connectivity index (χ1) is 9.36. The van der Waals surface area contributed by atoms with Crippen LogP contribution >= 0.6 is 11.8 Å². The minimum Gasteiger partial charge on any atom is -0.383 e. The number of aliphatic hydroxyl groups is 1. The van der Waals surface area contributed by atoms with E-state index in [2.05, 4.69) is 17.3 Å². The molecule has 0 aliphatic carbocycles. The Balaban J connectivity index is 2.43. The maximum atomic E-state index is 12.0. The summed E-state index contributed by atoms with van der Waals surface area (Å²) in [6.07, 6.45) is 5.63. The third-order valence-electron chi connectivity index (χ3n) is 3.17. The summed E-state index contributed by atoms with van der Waals surface area (Å²) in [5.41, 5.74) is -0.399. The van der Waals surface area contributed by atoms with E-state index in [4.69, 9.17) is 0 Å². The molecule has 0 saturated carbocycles. The zero-order valence-corrected chi connectivity index (χ0v) is 13.5. The number of aryl methyl sites for hydroxylation is 1. The van der Waals surface area contributed by atoms with Crippen molar-refractivity contribution in [1.82, 2.24) is 15.1 Å². The predicted octanol–water partition coefficient (Wildman–Crippen LogP) is 1.67. The predicted molar refractivity (Wildman–Crippen MR) is 82.6 cm³/mol. The van der Waals surface area contributed by atoms with Crippen LogP contribution in [0.25, 0.3) is 0 Å². The second-order valence-electron chi connectivity index (χ2n) is 5.26. The van der Waals surface area contributed by atoms with Crippen molar-refractivity contribution in [3.05, 3.63) is 18.0 Å². The van der Waals surface area contributed by atoms with Crippen LogP contribution in [-0.2, 0) is 17.4 Å². The fraction of sp³-hybridized carbons (Fsp3) is 0.714. The van der Waals surface area contributed by atoms with Gasteiger partial charge >= 0.3 is 0 Å². The van der Waals surface area contributed by atoms with E-state index in [1.165, 1.54) is 0 Å². The summed E-state index contributed by atoms with van der Waals surface area (Å²) in [4.78, 5) is 12.0. The summed E-state index contributed by atoms with van der Waals surface area (Å²) in [6.45, 7) is 5.90. The van der Waals surface area contributed by atoms with Gasteiger partial charge in [-0.2, -0.15) is 5.10 Å². The minimum absolute atomic E-state index is 0.0322. The lowest BCUT2D eigenvalue weighted by Gasteiger charge is -2.23. The Morgan fingerprint density at radius 1 is 1.65 bits per heavy atom. The standard InChI is InChI=1S/C14H25N3O2S/c1-5-6-7-20-11(2)13(18)15-10-14(3,19)12-8-16-17(4)9-12/h8-9,11,19H,5-7,10H2,1-4H3,(H,15,18). The molecule has 0 aromatic carbocycles. The molecule has 1 amide bonds. The van der Waals surface area contributed by atoms with Crippen molar-refractivity contribution in [2.75, 3.05) is 12.3 Å². The zero-order valence-electron chi connectivity index (χ0n) is 12.7. The van der Waals surface area contributed by atoms with E-state index < -0.39 is 5.60 Å². The van der Waals surface area contributed by atoms with E-state index in [9.17, 15) is 9.90 Å². The van der Waals surface area contributed by atoms with Gasteiger partial charge in [-0.15, -0.1) is 11.8 Å². The van der Waals surface area contributed by atoms with Gasteiger partial charge in [-0.3, -0.25) is 9.48 Å². The lowest BCUT2D eigenvalue weighted by molar-refractivity contribution is -0.121. The Morgan fingerprint density at radius 3 is 2.90 bits per heavy atom. The molecular formula is C14H25N3O2S. The van der Waals surface area contributed by atoms with Gasteiger partial charge in [0.05, 0.1) is 18.0 Å². The molecule has 0 bridgehead atoms. The van der Waals surface area contributed by atoms with Crippen molar-refractivity contribution >= 4 is 17.7 Å². The Hall–Kier alpha value is -1.01. The van der Waals surface area contributed by atoms with Crippen LogP contribution in [0.4, 0.5) is 0 Å². The lowest BCUT2D eigenvalue weighted by Crippen LogP contribution is -2.41. The average molecular weight is 299 g/mol. The molecule has 6 heteroatoms. The molecule has 1 heterocycles. The van der Waals surface area contributed by atoms with Crippen LogP contribution < -0.4 is 5.32 Å². The Morgan fingerprint density at radius 2 is 2.35 bits per heavy atom. The zero-order chi connectivity index (χ0) is 15.2. The first-order valence-corrected chi connectivity index (χ1v) is 8.02. The topological polar surface area (TPSA) is 67.2 Å². The number of carbonyl (C=O) groups is 1. The quantitative estimate of drug-likeness (QED) is 0.717. The number of rotatable bonds is 8. The van der Waals surface area contributed by atoms with E-state index in [-0.39, 0.29) is 17.7 Å². The number of nitrogens with zero attached hydrogens (tertiary/aromatic N) is 2. The molecular weight excluding hydrogens is 274 g/mol. The number of aromatic nitrogens is 2. The van der Waals surface area contributed by atoms with Crippen molar-refractivity contribution in [1.29, 1.82) is 0 Å². The van der Waals surface area contributed by atoms with E-state index in [0.29, 0.717) is 5.56 Å². The molecule has 114 valence electrons. The Labute approximate surface area is 125 Å². The molecule has 1 aromatic rings. The summed E-state index contributed by atoms with van der Waals surface area (Å²) in [7, 11) is 1.80. The highest BCUT2D eigenvalue weighted by Crippen LogP contribution is 2.19. The Kier molecular flexibility index (Phi) is 6.55. The summed E-state index contributed by atoms with van der Waals surface area (Å²) in [5.74, 6) is 0.958. The normalized spacial score (nSPS) is 15.7. The highest BCUT2D eigenvalue weighted by Gasteiger charge is 2.26. The maximum absolute atomic E-state index is 12.0. The molecule has 1 aromatic heterocycles. The number of hydrogen-bond acceptors (Lipinski definition) is 4. The molecule has 5 nitrogen and oxygen atoms in total. The first-order valence-electron chi connectivity index (χ1n) is 6.97. The van der Waals surface area contributed by atoms with E-state index in [0.717, 1.165) is 18.6 Å². The van der Waals surface area contributed by atoms with Crippen LogP contribution in [0.1, 0.15) is 39.2 Å². The van der Waals surface area contributed by atoms with Crippen molar-refractivity contribution in [2.24, 2.45) is 7.05 Å². The monoisotopic (exact) mass is 299 g/mol. The van der Waals surface area contributed by atoms with Crippen molar-refractivity contribution in [2.45, 2.75) is 44.5 Å². The molecule has 2 atom stereocenters. The number of hydrogen-bond donors (Lipinski definition) is 2. The number of nitrogens with one attached hydrogen (secondary N) is 1. The Bertz CT molecular complexity index is 432. The minimum atomic E-state index is -1.10. The van der Waals surface area contributed by atoms with Gasteiger partial charge in [0, 0.05) is 18.8 Å². The first kappa shape index (κ1) is 17.0. The molecule has 0 fully saturated rings. The summed E-state index contributed by atoms with van der Waals surface area (Å²) in [5, 5.41) is 17.1. The van der Waals surface area contributed by atoms with Crippen LogP contribution in [0.3, 0.4) is 0 Å². The van der Waals surface area contributed by atoms with Gasteiger partial charge in [-0.1, -0.05) is 13.3 Å². The summed E-state index contributed by atoms with van der Waals surface area (Å²) < 4.78 is 1.63. The van der Waals surface area contributed by atoms with Gasteiger partial charge in [-0.05, 0) is 26.0 Å². The molecule has 0 spiro atoms. The van der Waals surface area contributed by atoms with Gasteiger partial charge in [-0.25, -0.2) is 0 Å². The molecule has 20 heavy (non-hydrogen) atoms. The highest BCUT2D eigenvalue weighted by molar-refractivity contribution is 8.00. The molecule has 0 aliphatic rings. The highest BCUT2D eigenvalue weighted by atomic mass is 32.2. The molecule has 2 N–H and O–H groups in total. The summed E-state index contributed by atoms with van der Waals surface area (Å²) >= 11 is 1.65. The third kappa shape index (κ3) is 5.17. The van der Waals surface area contributed by atoms with Gasteiger partial charge in [0.25, 0.3) is 0 Å². The second kappa shape index (κ2) is 7.69. The van der Waals surface area contributed by atoms with Crippen molar-refractivity contribution < 1.29 is 9.90 Å². The van der Waals surface area contributed by atoms with E-state index in [1.54, 1.807) is 42.8 Å². The van der Waals surface area contributed by atoms with Crippen molar-refractivity contribution in [3.8, 4) is 0 Å². The average Bonchev–Trinajstić information content (AvgIpc) is 2.83. The van der Waals surface area contributed by atoms with Crippen LogP contribution in [-0.4, -0.2) is 38.3 Å². The molecule has 2 unspecified atom stereocenters. The smallest absolute Gasteiger partial charge is 0.232 e. The number of unbranched alkanes of at least 4 members (excludes halogenated alkanes) is 1. The lowest BCUT2D eigenvalue weighted by atomic mass is 10.00. The number of thioether (sulfide) groups is 1. The maximum Gasteiger partial charge on any atom is 0.232 e. The van der Waals surface area contributed by atoms with Gasteiger partial charge < -0.3 is 10.4 Å². The van der Waals surface area contributed by atoms with Crippen LogP contribution in [0.2, 0.25) is 0 Å². The number of amides is 1. The van der Waals surface area contributed by atoms with Crippen LogP contribution in [0, 0.1) is 0 Å². The van der Waals surface area contributed by atoms with Gasteiger partial charge in [0.1, 0.15) is 5.60 Å². The third-order valence-corrected chi connectivity index (χ3v) is 4.41. The molecule has 0 radical (unpaired) electrons. The second-order valence-corrected chi connectivity index (χ2v) is 6.71. The fourth-order valence-electron chi connectivity index (χ4n) is 1.68. The summed E-state index contributed by atoms with van der Waals surface area (Å²) in [6, 6.07) is 0. The van der Waals surface area contributed by atoms with E-state index in [1.807, 2.05) is 6.92 Å². The fourth-order valence-corrected chi connectivity index (χ4v) is 2.73. The van der Waals surface area contributed by atoms with Gasteiger partial charge in [0.15, 0.2) is 0 Å². The van der Waals surface area contributed by atoms with E-state index >= 15 is 0 Å². The van der Waals surface area contributed by atoms with Crippen molar-refractivity contribution in [3.63, 3.8) is 0 Å². The largest absolute Gasteiger partial charge is 0.383 e.